The Balaban J connectivity index is 2.00. The fraction of sp³-hybridized carbons (Fsp3) is 0.421. The van der Waals surface area contributed by atoms with Crippen molar-refractivity contribution in [2.75, 3.05) is 6.61 Å². The van der Waals surface area contributed by atoms with Gasteiger partial charge in [0.2, 0.25) is 0 Å². The maximum absolute atomic E-state index is 11.3. The molecule has 9 nitrogen and oxygen atoms in total. The van der Waals surface area contributed by atoms with Crippen molar-refractivity contribution >= 4 is 21.2 Å². The standard InChI is InChI=1S/C19H25N5O4S/c1-4-24-18-15(11-21-24)17(22-19(23-18)28-10-9-12(2)3)16(20)13-5-7-14(8-6-13)29(25,26)27/h5-8,11-12,16H,4,9-10,20H2,1-3H3,(H,25,26,27). The lowest BCUT2D eigenvalue weighted by Crippen LogP contribution is -2.16. The Labute approximate surface area is 169 Å². The van der Waals surface area contributed by atoms with Gasteiger partial charge < -0.3 is 10.5 Å². The molecule has 1 atom stereocenters. The van der Waals surface area contributed by atoms with Gasteiger partial charge in [-0.15, -0.1) is 0 Å². The summed E-state index contributed by atoms with van der Waals surface area (Å²) in [6.45, 7) is 7.29. The van der Waals surface area contributed by atoms with Crippen LogP contribution in [0.2, 0.25) is 0 Å². The van der Waals surface area contributed by atoms with Gasteiger partial charge in [-0.1, -0.05) is 26.0 Å². The molecule has 0 bridgehead atoms. The third-order valence-corrected chi connectivity index (χ3v) is 5.43. The van der Waals surface area contributed by atoms with Gasteiger partial charge in [0.25, 0.3) is 10.1 Å². The van der Waals surface area contributed by atoms with Crippen LogP contribution in [0.3, 0.4) is 0 Å². The van der Waals surface area contributed by atoms with Crippen molar-refractivity contribution in [3.63, 3.8) is 0 Å². The SMILES string of the molecule is CCn1ncc2c(C(N)c3ccc(S(=O)(=O)O)cc3)nc(OCCC(C)C)nc21. The zero-order valence-electron chi connectivity index (χ0n) is 16.6. The molecule has 0 aliphatic carbocycles. The summed E-state index contributed by atoms with van der Waals surface area (Å²) in [7, 11) is -4.27. The fourth-order valence-corrected chi connectivity index (χ4v) is 3.36. The van der Waals surface area contributed by atoms with Crippen LogP contribution in [0.4, 0.5) is 0 Å². The smallest absolute Gasteiger partial charge is 0.318 e. The molecule has 1 aromatic carbocycles. The van der Waals surface area contributed by atoms with E-state index in [-0.39, 0.29) is 10.9 Å². The van der Waals surface area contributed by atoms with Crippen LogP contribution in [-0.2, 0) is 16.7 Å². The molecule has 156 valence electrons. The molecule has 3 aromatic rings. The van der Waals surface area contributed by atoms with Crippen LogP contribution < -0.4 is 10.5 Å². The Hall–Kier alpha value is -2.56. The molecule has 0 radical (unpaired) electrons. The van der Waals surface area contributed by atoms with E-state index in [0.717, 1.165) is 6.42 Å². The summed E-state index contributed by atoms with van der Waals surface area (Å²) in [6, 6.07) is 5.28. The number of benzene rings is 1. The molecule has 0 aliphatic rings. The number of aromatic nitrogens is 4. The minimum absolute atomic E-state index is 0.196. The maximum atomic E-state index is 11.3. The Morgan fingerprint density at radius 3 is 2.48 bits per heavy atom. The van der Waals surface area contributed by atoms with Gasteiger partial charge >= 0.3 is 6.01 Å². The molecule has 0 spiro atoms. The Bertz CT molecular complexity index is 1090. The molecule has 0 aliphatic heterocycles. The molecule has 2 aromatic heterocycles. The quantitative estimate of drug-likeness (QED) is 0.532. The van der Waals surface area contributed by atoms with Gasteiger partial charge in [-0.05, 0) is 37.0 Å². The Morgan fingerprint density at radius 2 is 1.90 bits per heavy atom. The number of nitrogens with zero attached hydrogens (tertiary/aromatic N) is 4. The monoisotopic (exact) mass is 419 g/mol. The zero-order chi connectivity index (χ0) is 21.2. The summed E-state index contributed by atoms with van der Waals surface area (Å²) < 4.78 is 39.2. The van der Waals surface area contributed by atoms with E-state index in [1.807, 2.05) is 6.92 Å². The van der Waals surface area contributed by atoms with Gasteiger partial charge in [-0.2, -0.15) is 23.5 Å². The van der Waals surface area contributed by atoms with E-state index >= 15 is 0 Å². The summed E-state index contributed by atoms with van der Waals surface area (Å²) in [4.78, 5) is 8.80. The third kappa shape index (κ3) is 4.72. The highest BCUT2D eigenvalue weighted by molar-refractivity contribution is 7.85. The number of hydrogen-bond donors (Lipinski definition) is 2. The molecule has 29 heavy (non-hydrogen) atoms. The molecule has 0 saturated heterocycles. The lowest BCUT2D eigenvalue weighted by Gasteiger charge is -2.15. The van der Waals surface area contributed by atoms with E-state index in [0.29, 0.717) is 41.4 Å². The number of ether oxygens (including phenoxy) is 1. The van der Waals surface area contributed by atoms with Gasteiger partial charge in [-0.3, -0.25) is 4.55 Å². The molecular weight excluding hydrogens is 394 g/mol. The first-order valence-corrected chi connectivity index (χ1v) is 10.8. The second-order valence-electron chi connectivity index (χ2n) is 7.14. The van der Waals surface area contributed by atoms with Crippen LogP contribution in [0.25, 0.3) is 11.0 Å². The number of rotatable bonds is 8. The van der Waals surface area contributed by atoms with E-state index in [4.69, 9.17) is 15.0 Å². The topological polar surface area (TPSA) is 133 Å². The van der Waals surface area contributed by atoms with Gasteiger partial charge in [-0.25, -0.2) is 4.68 Å². The maximum Gasteiger partial charge on any atom is 0.318 e. The molecule has 0 amide bonds. The van der Waals surface area contributed by atoms with Crippen molar-refractivity contribution in [2.45, 2.75) is 44.7 Å². The van der Waals surface area contributed by atoms with Gasteiger partial charge in [0.05, 0.1) is 34.8 Å². The molecule has 3 rings (SSSR count). The summed E-state index contributed by atoms with van der Waals surface area (Å²) in [6.07, 6.45) is 2.53. The van der Waals surface area contributed by atoms with Gasteiger partial charge in [0.1, 0.15) is 0 Å². The van der Waals surface area contributed by atoms with Crippen molar-refractivity contribution in [3.05, 3.63) is 41.7 Å². The molecular formula is C19H25N5O4S. The molecule has 0 saturated carbocycles. The van der Waals surface area contributed by atoms with Crippen molar-refractivity contribution in [3.8, 4) is 6.01 Å². The van der Waals surface area contributed by atoms with Crippen LogP contribution in [0.1, 0.15) is 44.5 Å². The van der Waals surface area contributed by atoms with Gasteiger partial charge in [0, 0.05) is 6.54 Å². The predicted molar refractivity (Wildman–Crippen MR) is 108 cm³/mol. The van der Waals surface area contributed by atoms with Crippen LogP contribution in [0, 0.1) is 5.92 Å². The summed E-state index contributed by atoms with van der Waals surface area (Å²) in [5.74, 6) is 0.489. The first-order chi connectivity index (χ1) is 13.7. The van der Waals surface area contributed by atoms with E-state index in [2.05, 4.69) is 28.9 Å². The lowest BCUT2D eigenvalue weighted by molar-refractivity contribution is 0.268. The lowest BCUT2D eigenvalue weighted by atomic mass is 10.0. The van der Waals surface area contributed by atoms with E-state index in [1.54, 1.807) is 23.0 Å². The summed E-state index contributed by atoms with van der Waals surface area (Å²) in [5, 5.41) is 5.04. The molecule has 1 unspecified atom stereocenters. The van der Waals surface area contributed by atoms with Crippen LogP contribution in [0.15, 0.2) is 35.4 Å². The summed E-state index contributed by atoms with van der Waals surface area (Å²) >= 11 is 0. The molecule has 10 heteroatoms. The van der Waals surface area contributed by atoms with Crippen molar-refractivity contribution in [2.24, 2.45) is 11.7 Å². The van der Waals surface area contributed by atoms with E-state index in [1.165, 1.54) is 12.1 Å². The number of nitrogens with two attached hydrogens (primary N) is 1. The normalized spacial score (nSPS) is 13.2. The average molecular weight is 420 g/mol. The average Bonchev–Trinajstić information content (AvgIpc) is 3.09. The Kier molecular flexibility index (Phi) is 6.15. The van der Waals surface area contributed by atoms with Crippen LogP contribution in [0.5, 0.6) is 6.01 Å². The van der Waals surface area contributed by atoms with E-state index < -0.39 is 16.2 Å². The van der Waals surface area contributed by atoms with Crippen LogP contribution >= 0.6 is 0 Å². The largest absolute Gasteiger partial charge is 0.463 e. The van der Waals surface area contributed by atoms with Crippen LogP contribution in [-0.4, -0.2) is 39.3 Å². The number of fused-ring (bicyclic) bond motifs is 1. The highest BCUT2D eigenvalue weighted by atomic mass is 32.2. The second kappa shape index (κ2) is 8.44. The van der Waals surface area contributed by atoms with Crippen molar-refractivity contribution < 1.29 is 17.7 Å². The molecule has 3 N–H and O–H groups in total. The first-order valence-electron chi connectivity index (χ1n) is 9.40. The minimum atomic E-state index is -4.27. The molecule has 2 heterocycles. The minimum Gasteiger partial charge on any atom is -0.463 e. The predicted octanol–water partition coefficient (Wildman–Crippen LogP) is 2.57. The third-order valence-electron chi connectivity index (χ3n) is 4.56. The second-order valence-corrected chi connectivity index (χ2v) is 8.56. The van der Waals surface area contributed by atoms with E-state index in [9.17, 15) is 8.42 Å². The Morgan fingerprint density at radius 1 is 1.21 bits per heavy atom. The molecule has 0 fully saturated rings. The van der Waals surface area contributed by atoms with Crippen molar-refractivity contribution in [1.29, 1.82) is 0 Å². The number of hydrogen-bond acceptors (Lipinski definition) is 7. The van der Waals surface area contributed by atoms with Crippen molar-refractivity contribution in [1.82, 2.24) is 19.7 Å². The highest BCUT2D eigenvalue weighted by Crippen LogP contribution is 2.27. The van der Waals surface area contributed by atoms with Gasteiger partial charge in [0.15, 0.2) is 5.65 Å². The number of aryl methyl sites for hydroxylation is 1. The fourth-order valence-electron chi connectivity index (χ4n) is 2.88. The zero-order valence-corrected chi connectivity index (χ0v) is 17.4. The highest BCUT2D eigenvalue weighted by Gasteiger charge is 2.20. The first kappa shape index (κ1) is 21.2. The summed E-state index contributed by atoms with van der Waals surface area (Å²) in [5.41, 5.74) is 8.24.